The summed E-state index contributed by atoms with van der Waals surface area (Å²) in [5.41, 5.74) is 10.0. The van der Waals surface area contributed by atoms with Crippen LogP contribution >= 0.6 is 0 Å². The molecular formula is C105H151F2N13O15S. The van der Waals surface area contributed by atoms with Crippen molar-refractivity contribution in [3.05, 3.63) is 284 Å². The number of ether oxygens (including phenoxy) is 5. The highest BCUT2D eigenvalue weighted by Gasteiger charge is 2.31. The van der Waals surface area contributed by atoms with E-state index in [-0.39, 0.29) is 109 Å². The van der Waals surface area contributed by atoms with Crippen molar-refractivity contribution in [3.8, 4) is 17.4 Å². The van der Waals surface area contributed by atoms with E-state index in [1.165, 1.54) is 40.2 Å². The summed E-state index contributed by atoms with van der Waals surface area (Å²) in [7, 11) is 3.66. The van der Waals surface area contributed by atoms with Crippen molar-refractivity contribution in [1.82, 2.24) is 54.1 Å². The van der Waals surface area contributed by atoms with E-state index in [9.17, 15) is 56.6 Å². The predicted molar refractivity (Wildman–Crippen MR) is 537 cm³/mol. The number of imidazole rings is 1. The summed E-state index contributed by atoms with van der Waals surface area (Å²) in [6, 6.07) is 38.0. The number of carbonyl (C=O) groups is 2. The van der Waals surface area contributed by atoms with Gasteiger partial charge in [-0.25, -0.2) is 27.2 Å². The van der Waals surface area contributed by atoms with E-state index < -0.39 is 26.4 Å². The molecule has 5 aromatic heterocycles. The molecule has 28 nitrogen and oxygen atoms in total. The second-order valence-electron chi connectivity index (χ2n) is 43.7. The van der Waals surface area contributed by atoms with Crippen LogP contribution in [0, 0.1) is 31.9 Å². The molecule has 0 atom stereocenters. The smallest absolute Gasteiger partial charge is 0.282 e. The zero-order valence-electron chi connectivity index (χ0n) is 87.1. The third-order valence-electron chi connectivity index (χ3n) is 21.4. The number of pyridine rings is 3. The third kappa shape index (κ3) is 38.8. The van der Waals surface area contributed by atoms with Gasteiger partial charge in [-0.15, -0.1) is 10.2 Å². The van der Waals surface area contributed by atoms with Crippen LogP contribution in [0.25, 0.3) is 0 Å². The molecular weight excluding hydrogens is 1750 g/mol. The first-order valence-electron chi connectivity index (χ1n) is 45.3. The molecule has 2 saturated heterocycles. The van der Waals surface area contributed by atoms with Crippen LogP contribution in [0.15, 0.2) is 179 Å². The Morgan fingerprint density at radius 3 is 1.30 bits per heavy atom. The number of fused-ring (bicyclic) bond motifs is 1. The number of aryl methyl sites for hydroxylation is 3. The number of morpholine rings is 2. The molecule has 0 unspecified atom stereocenters. The summed E-state index contributed by atoms with van der Waals surface area (Å²) in [5.74, 6) is 1.51. The van der Waals surface area contributed by atoms with Crippen molar-refractivity contribution in [1.29, 1.82) is 0 Å². The number of carbonyl (C=O) groups excluding carboxylic acids is 2. The number of hydrogen-bond donors (Lipinski definition) is 1. The molecule has 2 amide bonds. The largest absolute Gasteiger partial charge is 0.481 e. The Bertz CT molecular complexity index is 5750. The lowest BCUT2D eigenvalue weighted by atomic mass is 9.86. The van der Waals surface area contributed by atoms with Crippen LogP contribution in [0.4, 0.5) is 20.2 Å². The number of benzene rings is 5. The summed E-state index contributed by atoms with van der Waals surface area (Å²) in [6.45, 7) is 66.7. The quantitative estimate of drug-likeness (QED) is 0.119. The van der Waals surface area contributed by atoms with E-state index in [1.807, 2.05) is 123 Å². The number of hydrogen-bond acceptors (Lipinski definition) is 20. The highest BCUT2D eigenvalue weighted by molar-refractivity contribution is 7.90. The van der Waals surface area contributed by atoms with Crippen LogP contribution in [-0.4, -0.2) is 157 Å². The van der Waals surface area contributed by atoms with Gasteiger partial charge in [-0.3, -0.25) is 39.4 Å². The van der Waals surface area contributed by atoms with Gasteiger partial charge in [0.25, 0.3) is 28.7 Å². The summed E-state index contributed by atoms with van der Waals surface area (Å²) < 4.78 is 79.5. The molecule has 3 aliphatic heterocycles. The number of aromatic amines is 1. The minimum absolute atomic E-state index is 0.00819. The number of nitro benzene ring substituents is 2. The van der Waals surface area contributed by atoms with Gasteiger partial charge in [0, 0.05) is 119 Å². The minimum atomic E-state index is -3.49. The SMILES string of the molecule is CC(C)(C)c1cc[nH]c(=O)c1.CC(C)(C)c1ccc(C(=O)N2CCOCC2)c(F)c1.CC(C)(C)c1ccc(C(=O)N2CCOCC2)c([N+](=O)[O-])c1.CC(C)(C)c1ccc(F)c(S(C)(=O)=O)c1.CC(C)(C)c1ccc([N+](=O)[O-])cc1.CC(C)(C)c1ccc2c(c1)OCO2.COc1cc(C(C)(C)C)ccn1.Cn1ccc(C(C)(C)C)cc1=O.Cn1cnc(C(C)(C)C)c1.Cn1nnc(C(C)(C)C)n1. The molecule has 0 spiro atoms. The van der Waals surface area contributed by atoms with E-state index in [0.717, 1.165) is 62.7 Å². The van der Waals surface area contributed by atoms with Gasteiger partial charge in [-0.05, 0) is 154 Å². The topological polar surface area (TPSA) is 336 Å². The lowest BCUT2D eigenvalue weighted by Crippen LogP contribution is -2.41. The van der Waals surface area contributed by atoms with Gasteiger partial charge in [-0.1, -0.05) is 244 Å². The van der Waals surface area contributed by atoms with Crippen LogP contribution in [0.5, 0.6) is 17.4 Å². The Balaban J connectivity index is 0.000000319. The standard InChI is InChI=1S/C15H20FNO2.C15H20N2O4.C11H15FO2S.C11H14O2.C10H13NO2.2C10H15NO.C9H13NO.C8H14N2.C6H12N4/c1-15(2,3)11-4-5-12(13(16)10-11)14(18)17-6-8-19-9-7-17;1-15(2,3)11-4-5-12(13(10-11)17(19)20)14(18)16-6-8-21-9-7-16;1-11(2,3)8-5-6-9(12)10(7-8)15(4,13)14;1-11(2,3)8-4-5-9-10(6-8)13-7-12-9;1-10(2,3)8-4-6-9(7-5-8)11(12)13;1-10(2,3)8-5-6-11-9(7-8)12-4;1-10(2,3)8-5-6-11(4)9(12)7-8;1-9(2,3)7-4-5-10-8(11)6-7;1-8(2,3)7-5-10(4)6-9-7;1-6(2,3)5-7-9-10(4)8-5/h4-5,10H,6-9H2,1-3H3;4-5,10H,6-9H2,1-3H3;5-7H,1-4H3;4-6H,7H2,1-3H3;4-7H,1-3H3;2*5-7H,1-4H3;4-6H,1-3H3,(H,10,11);5-6H,1-4H3;1-4H3. The normalized spacial score (nSPS) is 13.4. The first kappa shape index (κ1) is 117. The minimum Gasteiger partial charge on any atom is -0.481 e. The third-order valence-corrected chi connectivity index (χ3v) is 22.5. The molecule has 746 valence electrons. The molecule has 1 N–H and O–H groups in total. The van der Waals surface area contributed by atoms with Crippen LogP contribution < -0.4 is 25.3 Å². The Morgan fingerprint density at radius 2 is 0.904 bits per heavy atom. The first-order valence-corrected chi connectivity index (χ1v) is 47.2. The number of methoxy groups -OCH3 is 1. The molecule has 0 bridgehead atoms. The zero-order valence-corrected chi connectivity index (χ0v) is 87.9. The van der Waals surface area contributed by atoms with E-state index in [4.69, 9.17) is 23.7 Å². The molecule has 31 heteroatoms. The summed E-state index contributed by atoms with van der Waals surface area (Å²) in [5, 5.41) is 33.4. The highest BCUT2D eigenvalue weighted by atomic mass is 32.2. The van der Waals surface area contributed by atoms with Crippen molar-refractivity contribution in [2.45, 2.75) is 267 Å². The second-order valence-corrected chi connectivity index (χ2v) is 45.7. The molecule has 0 radical (unpaired) electrons. The molecule has 13 rings (SSSR count). The van der Waals surface area contributed by atoms with Gasteiger partial charge in [-0.2, -0.15) is 4.80 Å². The number of nitrogens with one attached hydrogen (secondary N) is 1. The number of H-pyrrole nitrogens is 1. The molecule has 10 aromatic rings. The number of nitro groups is 2. The van der Waals surface area contributed by atoms with Crippen LogP contribution in [0.3, 0.4) is 0 Å². The van der Waals surface area contributed by atoms with Crippen molar-refractivity contribution < 1.29 is 60.3 Å². The molecule has 0 saturated carbocycles. The maximum absolute atomic E-state index is 14.1. The van der Waals surface area contributed by atoms with Gasteiger partial charge >= 0.3 is 0 Å². The van der Waals surface area contributed by atoms with Crippen molar-refractivity contribution >= 4 is 33.0 Å². The fourth-order valence-corrected chi connectivity index (χ4v) is 13.1. The highest BCUT2D eigenvalue weighted by Crippen LogP contribution is 2.37. The number of rotatable bonds is 6. The van der Waals surface area contributed by atoms with Crippen LogP contribution in [0.2, 0.25) is 0 Å². The summed E-state index contributed by atoms with van der Waals surface area (Å²) in [4.78, 5) is 83.0. The lowest BCUT2D eigenvalue weighted by Gasteiger charge is -2.27. The average molecular weight is 1910 g/mol. The van der Waals surface area contributed by atoms with E-state index in [1.54, 1.807) is 109 Å². The zero-order chi connectivity index (χ0) is 104. The van der Waals surface area contributed by atoms with E-state index in [2.05, 4.69) is 194 Å². The number of amides is 2. The Kier molecular flexibility index (Phi) is 41.9. The maximum Gasteiger partial charge on any atom is 0.282 e. The van der Waals surface area contributed by atoms with E-state index >= 15 is 0 Å². The fourth-order valence-electron chi connectivity index (χ4n) is 12.4. The number of halogens is 2. The molecule has 3 aliphatic rings. The molecule has 8 heterocycles. The van der Waals surface area contributed by atoms with Crippen molar-refractivity contribution in [2.75, 3.05) is 72.8 Å². The van der Waals surface area contributed by atoms with Gasteiger partial charge in [0.05, 0.1) is 68.0 Å². The summed E-state index contributed by atoms with van der Waals surface area (Å²) >= 11 is 0. The average Bonchev–Trinajstić information content (AvgIpc) is 0.924. The number of aromatic nitrogens is 9. The maximum atomic E-state index is 14.1. The van der Waals surface area contributed by atoms with Crippen molar-refractivity contribution in [3.63, 3.8) is 0 Å². The Labute approximate surface area is 805 Å². The van der Waals surface area contributed by atoms with Gasteiger partial charge in [0.15, 0.2) is 27.2 Å². The Morgan fingerprint density at radius 1 is 0.471 bits per heavy atom. The van der Waals surface area contributed by atoms with Crippen molar-refractivity contribution in [2.24, 2.45) is 21.1 Å². The summed E-state index contributed by atoms with van der Waals surface area (Å²) in [6.07, 6.45) is 10.2. The monoisotopic (exact) mass is 1900 g/mol. The number of nitrogens with zero attached hydrogens (tertiary/aromatic N) is 12. The number of sulfone groups is 1. The number of tetrazole rings is 1. The fraction of sp³-hybridized carbons (Fsp3) is 0.514. The predicted octanol–water partition coefficient (Wildman–Crippen LogP) is 21.1. The van der Waals surface area contributed by atoms with Crippen LogP contribution in [-0.2, 0) is 94.6 Å². The Hall–Kier alpha value is -11.7. The van der Waals surface area contributed by atoms with E-state index in [0.29, 0.717) is 65.3 Å². The van der Waals surface area contributed by atoms with Crippen LogP contribution in [0.1, 0.15) is 284 Å². The first-order chi connectivity index (χ1) is 62.2. The number of non-ortho nitro benzene ring substituents is 1. The molecule has 0 aliphatic carbocycles. The molecule has 5 aromatic carbocycles. The lowest BCUT2D eigenvalue weighted by molar-refractivity contribution is -0.385. The molecule has 2 fully saturated rings. The van der Waals surface area contributed by atoms with Gasteiger partial charge in [0.2, 0.25) is 18.2 Å². The second kappa shape index (κ2) is 48.9. The van der Waals surface area contributed by atoms with Gasteiger partial charge < -0.3 is 47.6 Å². The van der Waals surface area contributed by atoms with Gasteiger partial charge in [0.1, 0.15) is 22.1 Å². The molecule has 136 heavy (non-hydrogen) atoms.